The fourth-order valence-electron chi connectivity index (χ4n) is 0.125. The second-order valence-corrected chi connectivity index (χ2v) is 4.25. The van der Waals surface area contributed by atoms with Crippen molar-refractivity contribution in [3.05, 3.63) is 0 Å². The number of hydrogen-bond acceptors (Lipinski definition) is 7. The first-order valence-electron chi connectivity index (χ1n) is 1.83. The van der Waals surface area contributed by atoms with Crippen molar-refractivity contribution < 1.29 is 29.0 Å². The standard InChI is InChI=1S/CH6O6SSi/c2-6-7-8-1-9(3,4)5/h2-5H,1H2. The molecule has 0 aromatic carbocycles. The first kappa shape index (κ1) is 9.33. The largest absolute Gasteiger partial charge is 0.505 e. The van der Waals surface area contributed by atoms with Crippen LogP contribution in [0.2, 0.25) is 0 Å². The molecular formula is CH6O6SSi. The van der Waals surface area contributed by atoms with Crippen molar-refractivity contribution in [1.29, 1.82) is 0 Å². The third-order valence-electron chi connectivity index (χ3n) is 0.331. The summed E-state index contributed by atoms with van der Waals surface area (Å²) < 4.78 is 3.74. The maximum atomic E-state index is 8.26. The van der Waals surface area contributed by atoms with Gasteiger partial charge in [0.15, 0.2) is 0 Å². The highest BCUT2D eigenvalue weighted by Crippen LogP contribution is 2.05. The third-order valence-corrected chi connectivity index (χ3v) is 2.51. The van der Waals surface area contributed by atoms with E-state index >= 15 is 0 Å². The van der Waals surface area contributed by atoms with E-state index < -0.39 is 14.2 Å². The highest BCUT2D eigenvalue weighted by Gasteiger charge is 2.27. The van der Waals surface area contributed by atoms with Crippen molar-refractivity contribution in [3.63, 3.8) is 0 Å². The maximum Gasteiger partial charge on any atom is 0.505 e. The minimum Gasteiger partial charge on any atom is -0.389 e. The van der Waals surface area contributed by atoms with Gasteiger partial charge in [-0.3, -0.25) is 0 Å². The van der Waals surface area contributed by atoms with Crippen LogP contribution in [-0.4, -0.2) is 33.8 Å². The van der Waals surface area contributed by atoms with Crippen LogP contribution in [0.3, 0.4) is 0 Å². The molecule has 0 saturated heterocycles. The zero-order valence-electron chi connectivity index (χ0n) is 4.22. The van der Waals surface area contributed by atoms with Crippen LogP contribution in [-0.2, 0) is 9.37 Å². The van der Waals surface area contributed by atoms with Crippen molar-refractivity contribution in [3.8, 4) is 0 Å². The lowest BCUT2D eigenvalue weighted by Gasteiger charge is -2.04. The Kier molecular flexibility index (Phi) is 4.34. The van der Waals surface area contributed by atoms with Gasteiger partial charge >= 0.3 is 8.80 Å². The Labute approximate surface area is 56.1 Å². The number of hydrogen-bond donors (Lipinski definition) is 4. The lowest BCUT2D eigenvalue weighted by molar-refractivity contribution is -0.432. The van der Waals surface area contributed by atoms with Crippen molar-refractivity contribution in [2.24, 2.45) is 0 Å². The second-order valence-electron chi connectivity index (χ2n) is 1.18. The molecule has 0 aliphatic rings. The molecule has 8 heteroatoms. The van der Waals surface area contributed by atoms with Gasteiger partial charge in [0.25, 0.3) is 0 Å². The summed E-state index contributed by atoms with van der Waals surface area (Å²) >= 11 is 0.400. The van der Waals surface area contributed by atoms with Crippen LogP contribution in [0.4, 0.5) is 0 Å². The molecule has 0 unspecified atom stereocenters. The van der Waals surface area contributed by atoms with E-state index in [1.165, 1.54) is 0 Å². The average Bonchev–Trinajstić information content (AvgIpc) is 1.63. The first-order valence-corrected chi connectivity index (χ1v) is 4.79. The minimum atomic E-state index is -4.05. The summed E-state index contributed by atoms with van der Waals surface area (Å²) in [5, 5.41) is 10.2. The third kappa shape index (κ3) is 8.33. The molecule has 0 radical (unpaired) electrons. The molecule has 9 heavy (non-hydrogen) atoms. The summed E-state index contributed by atoms with van der Waals surface area (Å²) in [6.07, 6.45) is 0. The molecule has 0 aliphatic carbocycles. The van der Waals surface area contributed by atoms with E-state index in [4.69, 9.17) is 19.6 Å². The Morgan fingerprint density at radius 2 is 1.89 bits per heavy atom. The Hall–Kier alpha value is 0.327. The van der Waals surface area contributed by atoms with Crippen LogP contribution in [0.5, 0.6) is 0 Å². The van der Waals surface area contributed by atoms with Crippen molar-refractivity contribution >= 4 is 20.8 Å². The zero-order valence-corrected chi connectivity index (χ0v) is 6.04. The van der Waals surface area contributed by atoms with Crippen LogP contribution < -0.4 is 0 Å². The molecule has 0 amide bonds. The SMILES string of the molecule is OOOSC[Si](O)(O)O. The Balaban J connectivity index is 3.07. The summed E-state index contributed by atoms with van der Waals surface area (Å²) in [6, 6.07) is 0. The van der Waals surface area contributed by atoms with E-state index in [0.717, 1.165) is 0 Å². The highest BCUT2D eigenvalue weighted by molar-refractivity contribution is 7.96. The highest BCUT2D eigenvalue weighted by atomic mass is 32.2. The van der Waals surface area contributed by atoms with Crippen LogP contribution in [0, 0.1) is 0 Å². The summed E-state index contributed by atoms with van der Waals surface area (Å²) in [4.78, 5) is 24.8. The molecule has 0 spiro atoms. The van der Waals surface area contributed by atoms with Gasteiger partial charge in [0.2, 0.25) is 0 Å². The van der Waals surface area contributed by atoms with Gasteiger partial charge in [-0.1, -0.05) is 5.04 Å². The average molecular weight is 174 g/mol. The van der Waals surface area contributed by atoms with E-state index in [1.54, 1.807) is 0 Å². The van der Waals surface area contributed by atoms with Gasteiger partial charge in [-0.2, -0.15) is 0 Å². The first-order chi connectivity index (χ1) is 4.06. The van der Waals surface area contributed by atoms with Crippen molar-refractivity contribution in [2.45, 2.75) is 0 Å². The molecule has 56 valence electrons. The van der Waals surface area contributed by atoms with E-state index in [2.05, 4.69) is 9.37 Å². The molecular weight excluding hydrogens is 168 g/mol. The predicted octanol–water partition coefficient (Wildman–Crippen LogP) is -1.49. The molecule has 4 N–H and O–H groups in total. The summed E-state index contributed by atoms with van der Waals surface area (Å²) in [6.45, 7) is 0. The van der Waals surface area contributed by atoms with Crippen molar-refractivity contribution in [2.75, 3.05) is 5.38 Å². The van der Waals surface area contributed by atoms with Gasteiger partial charge in [0.05, 0.1) is 5.38 Å². The molecule has 0 fully saturated rings. The molecule has 0 atom stereocenters. The minimum absolute atomic E-state index is 0.400. The Bertz CT molecular complexity index is 69.9. The van der Waals surface area contributed by atoms with E-state index in [0.29, 0.717) is 12.0 Å². The maximum absolute atomic E-state index is 8.26. The quantitative estimate of drug-likeness (QED) is 0.135. The molecule has 0 aromatic heterocycles. The van der Waals surface area contributed by atoms with E-state index in [-0.39, 0.29) is 0 Å². The molecule has 0 aliphatic heterocycles. The fourth-order valence-corrected chi connectivity index (χ4v) is 0.993. The Morgan fingerprint density at radius 1 is 1.33 bits per heavy atom. The smallest absolute Gasteiger partial charge is 0.389 e. The van der Waals surface area contributed by atoms with Crippen LogP contribution in [0.1, 0.15) is 0 Å². The fraction of sp³-hybridized carbons (Fsp3) is 1.00. The van der Waals surface area contributed by atoms with Gasteiger partial charge in [-0.05, 0) is 0 Å². The van der Waals surface area contributed by atoms with E-state index in [9.17, 15) is 0 Å². The van der Waals surface area contributed by atoms with Gasteiger partial charge in [-0.15, -0.1) is 4.33 Å². The summed E-state index contributed by atoms with van der Waals surface area (Å²) in [7, 11) is -4.05. The lowest BCUT2D eigenvalue weighted by atomic mass is 11.9. The molecule has 0 heterocycles. The summed E-state index contributed by atoms with van der Waals surface area (Å²) in [5.74, 6) is 0. The normalized spacial score (nSPS) is 12.0. The Morgan fingerprint density at radius 3 is 2.22 bits per heavy atom. The van der Waals surface area contributed by atoms with Gasteiger partial charge < -0.3 is 14.4 Å². The monoisotopic (exact) mass is 174 g/mol. The zero-order chi connectivity index (χ0) is 7.33. The predicted molar refractivity (Wildman–Crippen MR) is 29.7 cm³/mol. The van der Waals surface area contributed by atoms with Gasteiger partial charge in [-0.25, -0.2) is 5.26 Å². The van der Waals surface area contributed by atoms with E-state index in [1.807, 2.05) is 0 Å². The van der Waals surface area contributed by atoms with Crippen LogP contribution >= 0.6 is 12.0 Å². The topological polar surface area (TPSA) is 99.4 Å². The molecule has 0 aromatic rings. The van der Waals surface area contributed by atoms with Crippen molar-refractivity contribution in [1.82, 2.24) is 0 Å². The van der Waals surface area contributed by atoms with Gasteiger partial charge in [0, 0.05) is 12.0 Å². The molecule has 6 nitrogen and oxygen atoms in total. The lowest BCUT2D eigenvalue weighted by Crippen LogP contribution is -2.38. The summed E-state index contributed by atoms with van der Waals surface area (Å²) in [5.41, 5.74) is 0. The molecule has 0 saturated carbocycles. The number of rotatable bonds is 4. The second kappa shape index (κ2) is 4.19. The van der Waals surface area contributed by atoms with Gasteiger partial charge in [0.1, 0.15) is 0 Å². The van der Waals surface area contributed by atoms with Crippen LogP contribution in [0.25, 0.3) is 0 Å². The molecule has 0 bridgehead atoms. The van der Waals surface area contributed by atoms with Crippen LogP contribution in [0.15, 0.2) is 0 Å². The molecule has 0 rings (SSSR count).